The van der Waals surface area contributed by atoms with Gasteiger partial charge in [0.25, 0.3) is 5.91 Å². The normalized spacial score (nSPS) is 16.3. The minimum atomic E-state index is -0.433. The van der Waals surface area contributed by atoms with E-state index in [1.54, 1.807) is 0 Å². The summed E-state index contributed by atoms with van der Waals surface area (Å²) in [5.41, 5.74) is 0.0531. The predicted octanol–water partition coefficient (Wildman–Crippen LogP) is 2.14. The third-order valence-electron chi connectivity index (χ3n) is 3.53. The molecule has 0 atom stereocenters. The van der Waals surface area contributed by atoms with Crippen molar-refractivity contribution < 1.29 is 9.90 Å². The number of hydrogen-bond acceptors (Lipinski definition) is 3. The first kappa shape index (κ1) is 12.4. The summed E-state index contributed by atoms with van der Waals surface area (Å²) in [7, 11) is 0. The maximum atomic E-state index is 12.3. The van der Waals surface area contributed by atoms with E-state index in [2.05, 4.69) is 10.3 Å². The highest BCUT2D eigenvalue weighted by molar-refractivity contribution is 6.34. The lowest BCUT2D eigenvalue weighted by Crippen LogP contribution is -2.39. The van der Waals surface area contributed by atoms with E-state index in [0.717, 1.165) is 23.6 Å². The lowest BCUT2D eigenvalue weighted by molar-refractivity contribution is 0.0908. The molecule has 0 unspecified atom stereocenters. The largest absolute Gasteiger partial charge is 0.394 e. The van der Waals surface area contributed by atoms with Crippen molar-refractivity contribution in [1.29, 1.82) is 0 Å². The molecular weight excluding hydrogens is 264 g/mol. The zero-order chi connectivity index (χ0) is 13.5. The number of carbonyl (C=O) groups excluding carboxylic acids is 1. The molecule has 5 heteroatoms. The number of halogens is 1. The second-order valence-corrected chi connectivity index (χ2v) is 5.26. The van der Waals surface area contributed by atoms with E-state index in [0.29, 0.717) is 10.7 Å². The molecule has 0 bridgehead atoms. The van der Waals surface area contributed by atoms with Crippen LogP contribution in [0, 0.1) is 0 Å². The zero-order valence-corrected chi connectivity index (χ0v) is 10.9. The molecule has 1 aliphatic carbocycles. The van der Waals surface area contributed by atoms with Crippen LogP contribution >= 0.6 is 11.6 Å². The number of hydrogen-bond donors (Lipinski definition) is 2. The standard InChI is InChI=1S/C14H13ClN2O2/c15-12-10-4-2-1-3-9(10)11(7-16-12)13(19)17-14(8-18)5-6-14/h1-4,7,18H,5-6,8H2,(H,17,19). The van der Waals surface area contributed by atoms with Gasteiger partial charge in [0, 0.05) is 11.6 Å². The van der Waals surface area contributed by atoms with Crippen LogP contribution in [0.25, 0.3) is 10.8 Å². The van der Waals surface area contributed by atoms with Crippen molar-refractivity contribution in [1.82, 2.24) is 10.3 Å². The van der Waals surface area contributed by atoms with Crippen LogP contribution in [0.2, 0.25) is 5.15 Å². The summed E-state index contributed by atoms with van der Waals surface area (Å²) < 4.78 is 0. The number of carbonyl (C=O) groups is 1. The van der Waals surface area contributed by atoms with Gasteiger partial charge in [-0.05, 0) is 18.2 Å². The Labute approximate surface area is 115 Å². The fourth-order valence-electron chi connectivity index (χ4n) is 2.12. The Morgan fingerprint density at radius 1 is 1.37 bits per heavy atom. The van der Waals surface area contributed by atoms with Crippen molar-refractivity contribution in [2.24, 2.45) is 0 Å². The monoisotopic (exact) mass is 276 g/mol. The second kappa shape index (κ2) is 4.47. The second-order valence-electron chi connectivity index (χ2n) is 4.90. The maximum Gasteiger partial charge on any atom is 0.253 e. The molecule has 1 saturated carbocycles. The SMILES string of the molecule is O=C(NC1(CO)CC1)c1cnc(Cl)c2ccccc12. The Bertz CT molecular complexity index is 653. The van der Waals surface area contributed by atoms with Gasteiger partial charge in [-0.1, -0.05) is 35.9 Å². The highest BCUT2D eigenvalue weighted by Gasteiger charge is 2.43. The van der Waals surface area contributed by atoms with E-state index < -0.39 is 5.54 Å². The Kier molecular flexibility index (Phi) is 2.92. The minimum Gasteiger partial charge on any atom is -0.394 e. The molecule has 1 aromatic heterocycles. The highest BCUT2D eigenvalue weighted by atomic mass is 35.5. The third kappa shape index (κ3) is 2.17. The first-order valence-corrected chi connectivity index (χ1v) is 6.50. The summed E-state index contributed by atoms with van der Waals surface area (Å²) in [6.07, 6.45) is 3.11. The first-order valence-electron chi connectivity index (χ1n) is 6.12. The topological polar surface area (TPSA) is 62.2 Å². The molecule has 3 rings (SSSR count). The molecule has 0 saturated heterocycles. The molecular formula is C14H13ClN2O2. The van der Waals surface area contributed by atoms with E-state index in [9.17, 15) is 9.90 Å². The van der Waals surface area contributed by atoms with Gasteiger partial charge >= 0.3 is 0 Å². The number of pyridine rings is 1. The van der Waals surface area contributed by atoms with Crippen molar-refractivity contribution >= 4 is 28.3 Å². The van der Waals surface area contributed by atoms with E-state index in [4.69, 9.17) is 11.6 Å². The van der Waals surface area contributed by atoms with Gasteiger partial charge < -0.3 is 10.4 Å². The fraction of sp³-hybridized carbons (Fsp3) is 0.286. The lowest BCUT2D eigenvalue weighted by Gasteiger charge is -2.15. The zero-order valence-electron chi connectivity index (χ0n) is 10.2. The Morgan fingerprint density at radius 2 is 2.05 bits per heavy atom. The first-order chi connectivity index (χ1) is 9.15. The average molecular weight is 277 g/mol. The number of nitrogens with one attached hydrogen (secondary N) is 1. The van der Waals surface area contributed by atoms with Crippen molar-refractivity contribution in [3.05, 3.63) is 41.2 Å². The van der Waals surface area contributed by atoms with E-state index >= 15 is 0 Å². The summed E-state index contributed by atoms with van der Waals surface area (Å²) in [6, 6.07) is 7.39. The van der Waals surface area contributed by atoms with Crippen LogP contribution < -0.4 is 5.32 Å². The third-order valence-corrected chi connectivity index (χ3v) is 3.83. The van der Waals surface area contributed by atoms with E-state index in [1.165, 1.54) is 6.20 Å². The number of rotatable bonds is 3. The van der Waals surface area contributed by atoms with Gasteiger partial charge in [-0.3, -0.25) is 4.79 Å². The fourth-order valence-corrected chi connectivity index (χ4v) is 2.33. The predicted molar refractivity (Wildman–Crippen MR) is 73.3 cm³/mol. The number of aromatic nitrogens is 1. The lowest BCUT2D eigenvalue weighted by atomic mass is 10.1. The number of nitrogens with zero attached hydrogens (tertiary/aromatic N) is 1. The molecule has 0 spiro atoms. The van der Waals surface area contributed by atoms with Crippen LogP contribution in [-0.4, -0.2) is 28.1 Å². The number of benzene rings is 1. The van der Waals surface area contributed by atoms with Crippen molar-refractivity contribution in [3.8, 4) is 0 Å². The van der Waals surface area contributed by atoms with Gasteiger partial charge in [-0.2, -0.15) is 0 Å². The molecule has 1 fully saturated rings. The van der Waals surface area contributed by atoms with Gasteiger partial charge in [0.2, 0.25) is 0 Å². The molecule has 1 aliphatic rings. The molecule has 1 aromatic carbocycles. The molecule has 98 valence electrons. The molecule has 0 radical (unpaired) electrons. The Hall–Kier alpha value is -1.65. The summed E-state index contributed by atoms with van der Waals surface area (Å²) in [6.45, 7) is -0.0301. The van der Waals surface area contributed by atoms with Crippen LogP contribution in [0.3, 0.4) is 0 Å². The molecule has 0 aliphatic heterocycles. The summed E-state index contributed by atoms with van der Waals surface area (Å²) in [5, 5.41) is 14.0. The summed E-state index contributed by atoms with van der Waals surface area (Å²) in [5.74, 6) is -0.216. The van der Waals surface area contributed by atoms with E-state index in [1.807, 2.05) is 24.3 Å². The molecule has 19 heavy (non-hydrogen) atoms. The maximum absolute atomic E-state index is 12.3. The van der Waals surface area contributed by atoms with Crippen LogP contribution in [0.5, 0.6) is 0 Å². The molecule has 1 heterocycles. The minimum absolute atomic E-state index is 0.0301. The number of aliphatic hydroxyl groups is 1. The van der Waals surface area contributed by atoms with Gasteiger partial charge in [0.1, 0.15) is 5.15 Å². The van der Waals surface area contributed by atoms with Gasteiger partial charge in [-0.25, -0.2) is 4.98 Å². The highest BCUT2D eigenvalue weighted by Crippen LogP contribution is 2.35. The van der Waals surface area contributed by atoms with Gasteiger partial charge in [-0.15, -0.1) is 0 Å². The molecule has 1 amide bonds. The van der Waals surface area contributed by atoms with Crippen molar-refractivity contribution in [2.45, 2.75) is 18.4 Å². The van der Waals surface area contributed by atoms with Crippen molar-refractivity contribution in [3.63, 3.8) is 0 Å². The quantitative estimate of drug-likeness (QED) is 0.845. The molecule has 2 N–H and O–H groups in total. The Balaban J connectivity index is 2.01. The van der Waals surface area contributed by atoms with E-state index in [-0.39, 0.29) is 12.5 Å². The van der Waals surface area contributed by atoms with Gasteiger partial charge in [0.15, 0.2) is 0 Å². The number of fused-ring (bicyclic) bond motifs is 1. The summed E-state index contributed by atoms with van der Waals surface area (Å²) in [4.78, 5) is 16.3. The van der Waals surface area contributed by atoms with Crippen molar-refractivity contribution in [2.75, 3.05) is 6.61 Å². The van der Waals surface area contributed by atoms with Crippen LogP contribution in [0.1, 0.15) is 23.2 Å². The average Bonchev–Trinajstić information content (AvgIpc) is 3.19. The number of aliphatic hydroxyl groups excluding tert-OH is 1. The smallest absolute Gasteiger partial charge is 0.253 e. The van der Waals surface area contributed by atoms with Gasteiger partial charge in [0.05, 0.1) is 17.7 Å². The van der Waals surface area contributed by atoms with Crippen LogP contribution in [0.4, 0.5) is 0 Å². The van der Waals surface area contributed by atoms with Crippen LogP contribution in [-0.2, 0) is 0 Å². The molecule has 2 aromatic rings. The number of amides is 1. The molecule has 4 nitrogen and oxygen atoms in total. The van der Waals surface area contributed by atoms with Crippen LogP contribution in [0.15, 0.2) is 30.5 Å². The Morgan fingerprint density at radius 3 is 2.68 bits per heavy atom. The summed E-state index contributed by atoms with van der Waals surface area (Å²) >= 11 is 6.02.